The van der Waals surface area contributed by atoms with E-state index in [9.17, 15) is 32.7 Å². The lowest BCUT2D eigenvalue weighted by Crippen LogP contribution is -2.45. The van der Waals surface area contributed by atoms with Gasteiger partial charge in [0.2, 0.25) is 0 Å². The van der Waals surface area contributed by atoms with Crippen LogP contribution in [-0.2, 0) is 24.7 Å². The van der Waals surface area contributed by atoms with E-state index in [0.29, 0.717) is 24.0 Å². The van der Waals surface area contributed by atoms with Crippen molar-refractivity contribution >= 4 is 57.6 Å². The maximum Gasteiger partial charge on any atom is 0.327 e. The summed E-state index contributed by atoms with van der Waals surface area (Å²) in [7, 11) is -6.03. The molecule has 0 saturated carbocycles. The molecule has 0 bridgehead atoms. The third kappa shape index (κ3) is 11.7. The molecular formula is C32H38N3O12PS. The van der Waals surface area contributed by atoms with Gasteiger partial charge in [0.1, 0.15) is 25.0 Å². The molecule has 3 rings (SSSR count). The second-order valence-electron chi connectivity index (χ2n) is 10.8. The lowest BCUT2D eigenvalue weighted by molar-refractivity contribution is -0.246. The van der Waals surface area contributed by atoms with Crippen LogP contribution in [0, 0.1) is 0 Å². The van der Waals surface area contributed by atoms with E-state index in [2.05, 4.69) is 25.7 Å². The number of carbonyl (C=O) groups excluding carboxylic acids is 3. The summed E-state index contributed by atoms with van der Waals surface area (Å²) < 4.78 is 31.5. The molecule has 3 aromatic rings. The number of benzene rings is 3. The number of hydrogen-bond acceptors (Lipinski definition) is 10. The molecule has 17 heteroatoms. The van der Waals surface area contributed by atoms with Crippen LogP contribution in [0.5, 0.6) is 0 Å². The van der Waals surface area contributed by atoms with E-state index in [-0.39, 0.29) is 30.6 Å². The number of hydrogen-bond donors (Lipinski definition) is 7. The summed E-state index contributed by atoms with van der Waals surface area (Å²) in [6, 6.07) is 17.2. The summed E-state index contributed by atoms with van der Waals surface area (Å²) in [4.78, 5) is 58.2. The third-order valence-corrected chi connectivity index (χ3v) is 10.5. The van der Waals surface area contributed by atoms with E-state index in [0.717, 1.165) is 15.9 Å². The van der Waals surface area contributed by atoms with E-state index in [1.807, 2.05) is 13.8 Å². The van der Waals surface area contributed by atoms with Crippen LogP contribution in [0.1, 0.15) is 57.8 Å². The fourth-order valence-electron chi connectivity index (χ4n) is 4.60. The van der Waals surface area contributed by atoms with Crippen molar-refractivity contribution in [3.63, 3.8) is 0 Å². The van der Waals surface area contributed by atoms with Crippen molar-refractivity contribution in [3.8, 4) is 0 Å². The monoisotopic (exact) mass is 719 g/mol. The first-order valence-corrected chi connectivity index (χ1v) is 18.0. The number of carboxylic acids is 1. The minimum atomic E-state index is -4.69. The Morgan fingerprint density at radius 2 is 0.980 bits per heavy atom. The molecule has 3 unspecified atom stereocenters. The summed E-state index contributed by atoms with van der Waals surface area (Å²) in [5.74, 6) is -4.44. The minimum absolute atomic E-state index is 0.0361. The molecule has 264 valence electrons. The molecule has 0 aliphatic carbocycles. The highest BCUT2D eigenvalue weighted by Gasteiger charge is 2.27. The van der Waals surface area contributed by atoms with Crippen LogP contribution in [-0.4, -0.2) is 89.4 Å². The van der Waals surface area contributed by atoms with Gasteiger partial charge in [0.05, 0.1) is 12.1 Å². The molecule has 15 nitrogen and oxygen atoms in total. The second-order valence-corrected chi connectivity index (χ2v) is 14.6. The van der Waals surface area contributed by atoms with Gasteiger partial charge in [-0.1, -0.05) is 50.2 Å². The smallest absolute Gasteiger partial charge is 0.327 e. The molecule has 3 amide bonds. The zero-order valence-electron chi connectivity index (χ0n) is 26.6. The highest BCUT2D eigenvalue weighted by atomic mass is 32.2. The second kappa shape index (κ2) is 18.5. The number of amides is 3. The van der Waals surface area contributed by atoms with Gasteiger partial charge < -0.3 is 21.1 Å². The molecule has 49 heavy (non-hydrogen) atoms. The highest BCUT2D eigenvalue weighted by molar-refractivity contribution is 7.85. The van der Waals surface area contributed by atoms with Gasteiger partial charge in [-0.3, -0.25) is 29.5 Å². The van der Waals surface area contributed by atoms with Crippen molar-refractivity contribution < 1.29 is 57.5 Å². The molecule has 3 atom stereocenters. The average Bonchev–Trinajstić information content (AvgIpc) is 3.07. The zero-order valence-corrected chi connectivity index (χ0v) is 28.3. The van der Waals surface area contributed by atoms with Crippen molar-refractivity contribution in [1.82, 2.24) is 16.0 Å². The van der Waals surface area contributed by atoms with Gasteiger partial charge in [-0.15, -0.1) is 0 Å². The van der Waals surface area contributed by atoms with Gasteiger partial charge in [-0.2, -0.15) is 8.42 Å². The van der Waals surface area contributed by atoms with E-state index in [1.54, 1.807) is 60.7 Å². The van der Waals surface area contributed by atoms with Crippen LogP contribution in [0.4, 0.5) is 0 Å². The summed E-state index contributed by atoms with van der Waals surface area (Å²) in [6.07, 6.45) is 1.06. The molecule has 0 spiro atoms. The zero-order chi connectivity index (χ0) is 36.1. The fourth-order valence-corrected chi connectivity index (χ4v) is 7.48. The molecule has 0 fully saturated rings. The summed E-state index contributed by atoms with van der Waals surface area (Å²) in [6.45, 7) is 3.53. The average molecular weight is 720 g/mol. The van der Waals surface area contributed by atoms with E-state index < -0.39 is 53.8 Å². The summed E-state index contributed by atoms with van der Waals surface area (Å²) in [5.41, 5.74) is 0.766. The molecule has 7 N–H and O–H groups in total. The summed E-state index contributed by atoms with van der Waals surface area (Å²) >= 11 is 0. The quantitative estimate of drug-likeness (QED) is 0.0429. The van der Waals surface area contributed by atoms with Gasteiger partial charge in [0.15, 0.2) is 0 Å². The van der Waals surface area contributed by atoms with Crippen molar-refractivity contribution in [2.24, 2.45) is 0 Å². The summed E-state index contributed by atoms with van der Waals surface area (Å²) in [5, 5.41) is 36.9. The maximum absolute atomic E-state index is 12.8. The van der Waals surface area contributed by atoms with Crippen molar-refractivity contribution in [3.05, 3.63) is 89.5 Å². The number of carbonyl (C=O) groups is 4. The lowest BCUT2D eigenvalue weighted by atomic mass is 10.2. The van der Waals surface area contributed by atoms with Crippen LogP contribution in [0.25, 0.3) is 0 Å². The molecule has 0 radical (unpaired) electrons. The molecule has 3 aromatic carbocycles. The van der Waals surface area contributed by atoms with Crippen LogP contribution in [0.3, 0.4) is 0 Å². The van der Waals surface area contributed by atoms with Crippen LogP contribution in [0.15, 0.2) is 72.8 Å². The van der Waals surface area contributed by atoms with Gasteiger partial charge >= 0.3 is 5.97 Å². The van der Waals surface area contributed by atoms with Crippen LogP contribution in [0.2, 0.25) is 0 Å². The molecule has 0 aliphatic heterocycles. The van der Waals surface area contributed by atoms with E-state index >= 15 is 0 Å². The lowest BCUT2D eigenvalue weighted by Gasteiger charge is -2.21. The van der Waals surface area contributed by atoms with Gasteiger partial charge in [0.25, 0.3) is 27.8 Å². The first-order chi connectivity index (χ1) is 23.3. The van der Waals surface area contributed by atoms with Crippen molar-refractivity contribution in [2.45, 2.75) is 44.8 Å². The largest absolute Gasteiger partial charge is 0.480 e. The normalized spacial score (nSPS) is 13.8. The number of nitrogens with one attached hydrogen (secondary N) is 3. The van der Waals surface area contributed by atoms with Crippen molar-refractivity contribution in [2.75, 3.05) is 19.0 Å². The first-order valence-electron chi connectivity index (χ1n) is 15.0. The molecule has 0 aromatic heterocycles. The van der Waals surface area contributed by atoms with Gasteiger partial charge in [-0.25, -0.2) is 14.6 Å². The molecule has 0 saturated heterocycles. The Morgan fingerprint density at radius 1 is 0.653 bits per heavy atom. The van der Waals surface area contributed by atoms with E-state index in [4.69, 9.17) is 15.1 Å². The number of aliphatic carboxylic acids is 1. The third-order valence-electron chi connectivity index (χ3n) is 7.35. The van der Waals surface area contributed by atoms with Crippen molar-refractivity contribution in [1.29, 1.82) is 0 Å². The standard InChI is InChI=1S/C32H38N3O12PS/c1-3-23(17-46-41)33-29(36)20-5-11-25(12-6-20)48(26-13-7-21(8-14-26)30(37)34-24(4-2)18-47-42)27-15-9-22(10-16-27)31(38)35-28(32(39)40)19-49(43,44)45/h5-16,23-24,28,41-42H,3-4,17-19H2,1-2H3,(H,33,36)(H,34,37)(H,35,38)(H,39,40)(H,43,44,45). The SMILES string of the molecule is CCC(COO)NC(=O)c1ccc(P(c2ccc(C(=O)NC(CC)COO)cc2)c2ccc(C(=O)NC(CS(=O)(=O)O)C(=O)O)cc2)cc1. The number of carboxylic acid groups (broad SMARTS) is 1. The van der Waals surface area contributed by atoms with Crippen LogP contribution >= 0.6 is 7.92 Å². The maximum atomic E-state index is 12.8. The number of rotatable bonds is 18. The Balaban J connectivity index is 1.95. The predicted molar refractivity (Wildman–Crippen MR) is 181 cm³/mol. The highest BCUT2D eigenvalue weighted by Crippen LogP contribution is 2.33. The minimum Gasteiger partial charge on any atom is -0.480 e. The van der Waals surface area contributed by atoms with Gasteiger partial charge in [0, 0.05) is 16.7 Å². The fraction of sp³-hybridized carbons (Fsp3) is 0.312. The topological polar surface area (TPSA) is 238 Å². The first kappa shape index (κ1) is 39.2. The Labute approximate surface area is 284 Å². The molecular weight excluding hydrogens is 681 g/mol. The Bertz CT molecular complexity index is 1620. The Hall–Kier alpha value is -4.28. The van der Waals surface area contributed by atoms with Gasteiger partial charge in [-0.05, 0) is 73.1 Å². The molecule has 0 aliphatic rings. The Morgan fingerprint density at radius 3 is 1.24 bits per heavy atom. The van der Waals surface area contributed by atoms with Crippen LogP contribution < -0.4 is 31.9 Å². The van der Waals surface area contributed by atoms with E-state index in [1.165, 1.54) is 12.1 Å². The molecule has 0 heterocycles. The predicted octanol–water partition coefficient (Wildman–Crippen LogP) is 1.51. The Kier molecular flexibility index (Phi) is 14.8.